The van der Waals surface area contributed by atoms with Gasteiger partial charge in [-0.15, -0.1) is 0 Å². The number of hydrogen-bond acceptors (Lipinski definition) is 5. The predicted octanol–water partition coefficient (Wildman–Crippen LogP) is 0.975. The highest BCUT2D eigenvalue weighted by molar-refractivity contribution is 6.00. The van der Waals surface area contributed by atoms with Gasteiger partial charge in [0.05, 0.1) is 6.67 Å². The normalized spacial score (nSPS) is 25.3. The number of para-hydroxylation sites is 1. The van der Waals surface area contributed by atoms with Gasteiger partial charge in [0.25, 0.3) is 0 Å². The Morgan fingerprint density at radius 1 is 1.22 bits per heavy atom. The average Bonchev–Trinajstić information content (AvgIpc) is 2.84. The van der Waals surface area contributed by atoms with Crippen LogP contribution < -0.4 is 10.2 Å². The Labute approximate surface area is 136 Å². The number of carbonyl (C=O) groups excluding carboxylic acids is 2. The second kappa shape index (κ2) is 5.94. The van der Waals surface area contributed by atoms with E-state index in [4.69, 9.17) is 4.74 Å². The van der Waals surface area contributed by atoms with Gasteiger partial charge in [-0.1, -0.05) is 18.2 Å². The van der Waals surface area contributed by atoms with Crippen LogP contribution in [0.4, 0.5) is 5.69 Å². The first-order valence-electron chi connectivity index (χ1n) is 7.92. The lowest BCUT2D eigenvalue weighted by Gasteiger charge is -2.35. The van der Waals surface area contributed by atoms with Crippen LogP contribution in [0.3, 0.4) is 0 Å². The van der Waals surface area contributed by atoms with Crippen molar-refractivity contribution in [3.05, 3.63) is 30.3 Å². The molecule has 1 aromatic rings. The maximum absolute atomic E-state index is 12.7. The quantitative estimate of drug-likeness (QED) is 0.824. The number of esters is 1. The Bertz CT molecular complexity index is 597. The zero-order valence-electron chi connectivity index (χ0n) is 13.8. The van der Waals surface area contributed by atoms with Gasteiger partial charge in [-0.3, -0.25) is 19.4 Å². The fourth-order valence-corrected chi connectivity index (χ4v) is 3.05. The van der Waals surface area contributed by atoms with E-state index in [-0.39, 0.29) is 17.9 Å². The number of carbonyl (C=O) groups is 2. The minimum absolute atomic E-state index is 0.0250. The summed E-state index contributed by atoms with van der Waals surface area (Å²) in [6.07, 6.45) is 0. The van der Waals surface area contributed by atoms with Gasteiger partial charge in [-0.2, -0.15) is 0 Å². The van der Waals surface area contributed by atoms with Crippen LogP contribution in [0.1, 0.15) is 20.8 Å². The smallest absolute Gasteiger partial charge is 0.325 e. The highest BCUT2D eigenvalue weighted by atomic mass is 16.6. The Balaban J connectivity index is 1.80. The SMILES string of the molecule is CC(C)(C)OC(=O)C1CNCC2C(=O)N(c3ccccc3)CN12. The standard InChI is InChI=1S/C17H23N3O3/c1-17(2,3)23-16(22)14-10-18-9-13-15(21)19(11-20(13)14)12-7-5-4-6-8-12/h4-8,13-14,18H,9-11H2,1-3H3. The molecule has 1 amide bonds. The minimum Gasteiger partial charge on any atom is -0.459 e. The molecule has 0 aromatic heterocycles. The van der Waals surface area contributed by atoms with Crippen molar-refractivity contribution in [2.45, 2.75) is 38.5 Å². The van der Waals surface area contributed by atoms with E-state index >= 15 is 0 Å². The molecular weight excluding hydrogens is 294 g/mol. The molecule has 1 N–H and O–H groups in total. The lowest BCUT2D eigenvalue weighted by Crippen LogP contribution is -2.60. The van der Waals surface area contributed by atoms with Crippen molar-refractivity contribution < 1.29 is 14.3 Å². The summed E-state index contributed by atoms with van der Waals surface area (Å²) in [5, 5.41) is 3.19. The summed E-state index contributed by atoms with van der Waals surface area (Å²) in [5.41, 5.74) is 0.321. The summed E-state index contributed by atoms with van der Waals surface area (Å²) in [7, 11) is 0. The number of fused-ring (bicyclic) bond motifs is 1. The summed E-state index contributed by atoms with van der Waals surface area (Å²) in [6, 6.07) is 8.79. The first kappa shape index (κ1) is 16.0. The summed E-state index contributed by atoms with van der Waals surface area (Å²) in [6.45, 7) is 7.03. The molecule has 0 bridgehead atoms. The number of nitrogens with one attached hydrogen (secondary N) is 1. The van der Waals surface area contributed by atoms with E-state index in [0.29, 0.717) is 19.8 Å². The first-order valence-corrected chi connectivity index (χ1v) is 7.92. The Kier molecular flexibility index (Phi) is 4.12. The fraction of sp³-hybridized carbons (Fsp3) is 0.529. The van der Waals surface area contributed by atoms with Crippen molar-refractivity contribution >= 4 is 17.6 Å². The number of rotatable bonds is 2. The van der Waals surface area contributed by atoms with Crippen molar-refractivity contribution in [2.75, 3.05) is 24.7 Å². The van der Waals surface area contributed by atoms with Crippen LogP contribution in [0.25, 0.3) is 0 Å². The zero-order valence-corrected chi connectivity index (χ0v) is 13.8. The molecule has 2 fully saturated rings. The van der Waals surface area contributed by atoms with E-state index in [1.165, 1.54) is 0 Å². The molecule has 0 saturated carbocycles. The maximum Gasteiger partial charge on any atom is 0.325 e. The summed E-state index contributed by atoms with van der Waals surface area (Å²) in [5.74, 6) is -0.255. The Morgan fingerprint density at radius 2 is 1.91 bits per heavy atom. The number of amides is 1. The van der Waals surface area contributed by atoms with Crippen LogP contribution in [0.15, 0.2) is 30.3 Å². The first-order chi connectivity index (χ1) is 10.9. The topological polar surface area (TPSA) is 61.9 Å². The molecule has 0 radical (unpaired) electrons. The minimum atomic E-state index is -0.535. The zero-order chi connectivity index (χ0) is 16.6. The highest BCUT2D eigenvalue weighted by Crippen LogP contribution is 2.27. The molecule has 23 heavy (non-hydrogen) atoms. The predicted molar refractivity (Wildman–Crippen MR) is 86.9 cm³/mol. The third-order valence-electron chi connectivity index (χ3n) is 4.08. The third kappa shape index (κ3) is 3.23. The number of hydrogen-bond donors (Lipinski definition) is 1. The Hall–Kier alpha value is -1.92. The van der Waals surface area contributed by atoms with Crippen molar-refractivity contribution in [2.24, 2.45) is 0 Å². The maximum atomic E-state index is 12.7. The number of ether oxygens (including phenoxy) is 1. The van der Waals surface area contributed by atoms with E-state index in [1.54, 1.807) is 4.90 Å². The van der Waals surface area contributed by atoms with Crippen LogP contribution >= 0.6 is 0 Å². The average molecular weight is 317 g/mol. The number of anilines is 1. The molecule has 6 heteroatoms. The van der Waals surface area contributed by atoms with Gasteiger partial charge < -0.3 is 10.1 Å². The van der Waals surface area contributed by atoms with Crippen LogP contribution in [0.5, 0.6) is 0 Å². The van der Waals surface area contributed by atoms with Gasteiger partial charge in [-0.25, -0.2) is 0 Å². The van der Waals surface area contributed by atoms with Gasteiger partial charge >= 0.3 is 5.97 Å². The molecule has 124 valence electrons. The summed E-state index contributed by atoms with van der Waals surface area (Å²) in [4.78, 5) is 28.8. The van der Waals surface area contributed by atoms with Crippen LogP contribution in [-0.2, 0) is 14.3 Å². The molecule has 2 atom stereocenters. The van der Waals surface area contributed by atoms with Crippen molar-refractivity contribution in [1.82, 2.24) is 10.2 Å². The third-order valence-corrected chi connectivity index (χ3v) is 4.08. The van der Waals surface area contributed by atoms with Crippen LogP contribution in [-0.4, -0.2) is 54.2 Å². The molecule has 2 aliphatic heterocycles. The second-order valence-corrected chi connectivity index (χ2v) is 6.98. The number of piperazine rings is 1. The van der Waals surface area contributed by atoms with E-state index in [1.807, 2.05) is 56.0 Å². The van der Waals surface area contributed by atoms with Crippen LogP contribution in [0, 0.1) is 0 Å². The van der Waals surface area contributed by atoms with E-state index in [2.05, 4.69) is 5.32 Å². The lowest BCUT2D eigenvalue weighted by molar-refractivity contribution is -0.162. The summed E-state index contributed by atoms with van der Waals surface area (Å²) >= 11 is 0. The van der Waals surface area contributed by atoms with E-state index in [0.717, 1.165) is 5.69 Å². The Morgan fingerprint density at radius 3 is 2.57 bits per heavy atom. The molecule has 2 heterocycles. The van der Waals surface area contributed by atoms with Gasteiger partial charge in [0.15, 0.2) is 0 Å². The largest absolute Gasteiger partial charge is 0.459 e. The molecule has 6 nitrogen and oxygen atoms in total. The van der Waals surface area contributed by atoms with Gasteiger partial charge in [0, 0.05) is 18.8 Å². The molecule has 1 aromatic carbocycles. The van der Waals surface area contributed by atoms with Crippen molar-refractivity contribution in [1.29, 1.82) is 0 Å². The molecular formula is C17H23N3O3. The molecule has 0 aliphatic carbocycles. The van der Waals surface area contributed by atoms with Crippen molar-refractivity contribution in [3.63, 3.8) is 0 Å². The van der Waals surface area contributed by atoms with E-state index < -0.39 is 11.6 Å². The monoisotopic (exact) mass is 317 g/mol. The summed E-state index contributed by atoms with van der Waals surface area (Å²) < 4.78 is 5.51. The molecule has 3 rings (SSSR count). The van der Waals surface area contributed by atoms with Gasteiger partial charge in [0.2, 0.25) is 5.91 Å². The molecule has 2 aliphatic rings. The fourth-order valence-electron chi connectivity index (χ4n) is 3.05. The number of nitrogens with zero attached hydrogens (tertiary/aromatic N) is 2. The highest BCUT2D eigenvalue weighted by Gasteiger charge is 2.47. The number of benzene rings is 1. The van der Waals surface area contributed by atoms with Gasteiger partial charge in [0.1, 0.15) is 17.7 Å². The lowest BCUT2D eigenvalue weighted by atomic mass is 10.1. The second-order valence-electron chi connectivity index (χ2n) is 6.98. The van der Waals surface area contributed by atoms with E-state index in [9.17, 15) is 9.59 Å². The molecule has 2 saturated heterocycles. The van der Waals surface area contributed by atoms with Crippen molar-refractivity contribution in [3.8, 4) is 0 Å². The molecule has 0 spiro atoms. The van der Waals surface area contributed by atoms with Gasteiger partial charge in [-0.05, 0) is 32.9 Å². The van der Waals surface area contributed by atoms with Crippen LogP contribution in [0.2, 0.25) is 0 Å². The molecule has 2 unspecified atom stereocenters.